The SMILES string of the molecule is CCc1nc(CNc2cc(NC(C)=O)c(F)cc2F)cs1. The van der Waals surface area contributed by atoms with Gasteiger partial charge in [0.1, 0.15) is 11.6 Å². The number of rotatable bonds is 5. The van der Waals surface area contributed by atoms with Gasteiger partial charge in [0.25, 0.3) is 0 Å². The van der Waals surface area contributed by atoms with Gasteiger partial charge in [-0.05, 0) is 12.5 Å². The molecule has 0 radical (unpaired) electrons. The number of anilines is 2. The Labute approximate surface area is 125 Å². The van der Waals surface area contributed by atoms with Crippen molar-refractivity contribution in [1.82, 2.24) is 4.98 Å². The monoisotopic (exact) mass is 311 g/mol. The molecule has 0 aliphatic carbocycles. The van der Waals surface area contributed by atoms with Crippen LogP contribution in [0, 0.1) is 11.6 Å². The summed E-state index contributed by atoms with van der Waals surface area (Å²) in [5.41, 5.74) is 0.853. The highest BCUT2D eigenvalue weighted by atomic mass is 32.1. The van der Waals surface area contributed by atoms with Crippen molar-refractivity contribution in [2.75, 3.05) is 10.6 Å². The number of hydrogen-bond donors (Lipinski definition) is 2. The molecule has 1 aromatic carbocycles. The van der Waals surface area contributed by atoms with Gasteiger partial charge in [0.05, 0.1) is 28.6 Å². The second-order valence-electron chi connectivity index (χ2n) is 4.43. The van der Waals surface area contributed by atoms with Crippen LogP contribution >= 0.6 is 11.3 Å². The fourth-order valence-corrected chi connectivity index (χ4v) is 2.49. The Morgan fingerprint density at radius 2 is 2.00 bits per heavy atom. The maximum absolute atomic E-state index is 13.7. The molecule has 0 spiro atoms. The topological polar surface area (TPSA) is 54.0 Å². The Balaban J connectivity index is 2.13. The summed E-state index contributed by atoms with van der Waals surface area (Å²) in [5, 5.41) is 8.07. The summed E-state index contributed by atoms with van der Waals surface area (Å²) in [6.07, 6.45) is 0.849. The van der Waals surface area contributed by atoms with E-state index in [1.165, 1.54) is 13.0 Å². The highest BCUT2D eigenvalue weighted by Crippen LogP contribution is 2.24. The summed E-state index contributed by atoms with van der Waals surface area (Å²) in [6.45, 7) is 3.60. The van der Waals surface area contributed by atoms with Crippen molar-refractivity contribution in [3.8, 4) is 0 Å². The lowest BCUT2D eigenvalue weighted by atomic mass is 10.2. The molecular weight excluding hydrogens is 296 g/mol. The van der Waals surface area contributed by atoms with Crippen molar-refractivity contribution in [3.05, 3.63) is 39.8 Å². The third-order valence-electron chi connectivity index (χ3n) is 2.73. The van der Waals surface area contributed by atoms with Gasteiger partial charge in [-0.3, -0.25) is 4.79 Å². The van der Waals surface area contributed by atoms with Gasteiger partial charge in [0, 0.05) is 18.4 Å². The maximum Gasteiger partial charge on any atom is 0.221 e. The molecule has 0 bridgehead atoms. The molecule has 1 amide bonds. The second kappa shape index (κ2) is 6.62. The first-order valence-electron chi connectivity index (χ1n) is 6.43. The van der Waals surface area contributed by atoms with Crippen molar-refractivity contribution in [1.29, 1.82) is 0 Å². The van der Waals surface area contributed by atoms with Gasteiger partial charge in [0.15, 0.2) is 0 Å². The number of amides is 1. The minimum absolute atomic E-state index is 0.0566. The van der Waals surface area contributed by atoms with Gasteiger partial charge < -0.3 is 10.6 Å². The summed E-state index contributed by atoms with van der Waals surface area (Å²) in [5.74, 6) is -1.94. The van der Waals surface area contributed by atoms with E-state index >= 15 is 0 Å². The minimum Gasteiger partial charge on any atom is -0.377 e. The fraction of sp³-hybridized carbons (Fsp3) is 0.286. The van der Waals surface area contributed by atoms with E-state index in [0.29, 0.717) is 6.54 Å². The van der Waals surface area contributed by atoms with E-state index in [2.05, 4.69) is 15.6 Å². The van der Waals surface area contributed by atoms with Gasteiger partial charge in [-0.1, -0.05) is 6.92 Å². The molecule has 112 valence electrons. The van der Waals surface area contributed by atoms with Gasteiger partial charge in [-0.2, -0.15) is 0 Å². The zero-order valence-electron chi connectivity index (χ0n) is 11.7. The largest absolute Gasteiger partial charge is 0.377 e. The normalized spacial score (nSPS) is 10.5. The van der Waals surface area contributed by atoms with Crippen LogP contribution < -0.4 is 10.6 Å². The first-order chi connectivity index (χ1) is 9.99. The summed E-state index contributed by atoms with van der Waals surface area (Å²) in [4.78, 5) is 15.3. The van der Waals surface area contributed by atoms with Crippen LogP contribution in [0.4, 0.5) is 20.2 Å². The van der Waals surface area contributed by atoms with Crippen molar-refractivity contribution in [2.45, 2.75) is 26.8 Å². The Morgan fingerprint density at radius 3 is 2.62 bits per heavy atom. The van der Waals surface area contributed by atoms with E-state index in [1.807, 2.05) is 12.3 Å². The molecule has 0 atom stereocenters. The van der Waals surface area contributed by atoms with E-state index in [4.69, 9.17) is 0 Å². The number of aryl methyl sites for hydroxylation is 1. The molecule has 0 aliphatic heterocycles. The molecule has 0 fully saturated rings. The summed E-state index contributed by atoms with van der Waals surface area (Å²) in [7, 11) is 0. The number of hydrogen-bond acceptors (Lipinski definition) is 4. The number of nitrogens with zero attached hydrogens (tertiary/aromatic N) is 1. The molecular formula is C14H15F2N3OS. The number of nitrogens with one attached hydrogen (secondary N) is 2. The number of thiazole rings is 1. The highest BCUT2D eigenvalue weighted by molar-refractivity contribution is 7.09. The number of aromatic nitrogens is 1. The predicted molar refractivity (Wildman–Crippen MR) is 79.5 cm³/mol. The molecule has 21 heavy (non-hydrogen) atoms. The van der Waals surface area contributed by atoms with Gasteiger partial charge in [0.2, 0.25) is 5.91 Å². The molecule has 0 saturated carbocycles. The first-order valence-corrected chi connectivity index (χ1v) is 7.31. The lowest BCUT2D eigenvalue weighted by Gasteiger charge is -2.10. The number of carbonyl (C=O) groups is 1. The van der Waals surface area contributed by atoms with Crippen LogP contribution in [0.3, 0.4) is 0 Å². The van der Waals surface area contributed by atoms with Crippen molar-refractivity contribution in [2.24, 2.45) is 0 Å². The Morgan fingerprint density at radius 1 is 1.29 bits per heavy atom. The molecule has 2 aromatic rings. The lowest BCUT2D eigenvalue weighted by Crippen LogP contribution is -2.09. The fourth-order valence-electron chi connectivity index (χ4n) is 1.75. The lowest BCUT2D eigenvalue weighted by molar-refractivity contribution is -0.114. The van der Waals surface area contributed by atoms with E-state index in [9.17, 15) is 13.6 Å². The molecule has 1 aromatic heterocycles. The van der Waals surface area contributed by atoms with E-state index < -0.39 is 17.5 Å². The van der Waals surface area contributed by atoms with Crippen LogP contribution in [0.25, 0.3) is 0 Å². The number of carbonyl (C=O) groups excluding carboxylic acids is 1. The van der Waals surface area contributed by atoms with Gasteiger partial charge in [-0.25, -0.2) is 13.8 Å². The zero-order valence-corrected chi connectivity index (χ0v) is 12.5. The third kappa shape index (κ3) is 3.98. The van der Waals surface area contributed by atoms with E-state index in [0.717, 1.165) is 23.2 Å². The van der Waals surface area contributed by atoms with Crippen LogP contribution in [-0.4, -0.2) is 10.9 Å². The average Bonchev–Trinajstić information content (AvgIpc) is 2.88. The van der Waals surface area contributed by atoms with E-state index in [1.54, 1.807) is 11.3 Å². The van der Waals surface area contributed by atoms with Crippen molar-refractivity contribution < 1.29 is 13.6 Å². The Kier molecular flexibility index (Phi) is 4.85. The van der Waals surface area contributed by atoms with Gasteiger partial charge in [-0.15, -0.1) is 11.3 Å². The number of halogens is 2. The van der Waals surface area contributed by atoms with Crippen LogP contribution in [0.15, 0.2) is 17.5 Å². The molecule has 2 rings (SSSR count). The molecule has 0 aliphatic rings. The van der Waals surface area contributed by atoms with Crippen molar-refractivity contribution >= 4 is 28.6 Å². The molecule has 4 nitrogen and oxygen atoms in total. The van der Waals surface area contributed by atoms with Gasteiger partial charge >= 0.3 is 0 Å². The molecule has 2 N–H and O–H groups in total. The maximum atomic E-state index is 13.7. The van der Waals surface area contributed by atoms with Crippen LogP contribution in [-0.2, 0) is 17.8 Å². The molecule has 7 heteroatoms. The smallest absolute Gasteiger partial charge is 0.221 e. The molecule has 1 heterocycles. The van der Waals surface area contributed by atoms with Crippen LogP contribution in [0.1, 0.15) is 24.5 Å². The minimum atomic E-state index is -0.810. The number of benzene rings is 1. The Hall–Kier alpha value is -2.02. The quantitative estimate of drug-likeness (QED) is 0.888. The van der Waals surface area contributed by atoms with E-state index in [-0.39, 0.29) is 11.4 Å². The second-order valence-corrected chi connectivity index (χ2v) is 5.38. The molecule has 0 saturated heterocycles. The molecule has 0 unspecified atom stereocenters. The first kappa shape index (κ1) is 15.4. The summed E-state index contributed by atoms with van der Waals surface area (Å²) in [6, 6.07) is 1.98. The summed E-state index contributed by atoms with van der Waals surface area (Å²) >= 11 is 1.54. The van der Waals surface area contributed by atoms with Crippen LogP contribution in [0.5, 0.6) is 0 Å². The Bertz CT molecular complexity index is 658. The third-order valence-corrected chi connectivity index (χ3v) is 3.77. The van der Waals surface area contributed by atoms with Crippen molar-refractivity contribution in [3.63, 3.8) is 0 Å². The zero-order chi connectivity index (χ0) is 15.4. The average molecular weight is 311 g/mol. The highest BCUT2D eigenvalue weighted by Gasteiger charge is 2.11. The standard InChI is InChI=1S/C14H15F2N3OS/c1-3-14-19-9(7-21-14)6-17-12-5-13(18-8(2)20)11(16)4-10(12)15/h4-5,7,17H,3,6H2,1-2H3,(H,18,20). The predicted octanol–water partition coefficient (Wildman–Crippen LogP) is 3.55. The summed E-state index contributed by atoms with van der Waals surface area (Å²) < 4.78 is 27.2. The van der Waals surface area contributed by atoms with Crippen LogP contribution in [0.2, 0.25) is 0 Å².